The number of hydrogen-bond acceptors (Lipinski definition) is 2. The highest BCUT2D eigenvalue weighted by molar-refractivity contribution is 4.67. The van der Waals surface area contributed by atoms with Gasteiger partial charge in [-0.2, -0.15) is 0 Å². The summed E-state index contributed by atoms with van der Waals surface area (Å²) in [6.45, 7) is 11.3. The first-order valence-corrected chi connectivity index (χ1v) is 5.52. The van der Waals surface area contributed by atoms with Crippen molar-refractivity contribution in [2.75, 3.05) is 26.2 Å². The maximum atomic E-state index is 5.72. The van der Waals surface area contributed by atoms with Crippen LogP contribution in [-0.2, 0) is 4.74 Å². The molecule has 0 N–H and O–H groups in total. The summed E-state index contributed by atoms with van der Waals surface area (Å²) in [6.07, 6.45) is 2.99. The molecule has 0 aromatic rings. The maximum absolute atomic E-state index is 5.72. The molecule has 0 spiro atoms. The van der Waals surface area contributed by atoms with E-state index in [-0.39, 0.29) is 0 Å². The minimum atomic E-state index is 0.432. The third-order valence-corrected chi connectivity index (χ3v) is 2.56. The molecule has 13 heavy (non-hydrogen) atoms. The van der Waals surface area contributed by atoms with E-state index < -0.39 is 0 Å². The molecule has 0 saturated carbocycles. The van der Waals surface area contributed by atoms with Gasteiger partial charge in [-0.15, -0.1) is 0 Å². The van der Waals surface area contributed by atoms with Gasteiger partial charge in [-0.25, -0.2) is 0 Å². The molecular weight excluding hydrogens is 162 g/mol. The monoisotopic (exact) mass is 185 g/mol. The molecule has 78 valence electrons. The average Bonchev–Trinajstić information content (AvgIpc) is 1.92. The van der Waals surface area contributed by atoms with Gasteiger partial charge in [-0.05, 0) is 38.8 Å². The summed E-state index contributed by atoms with van der Waals surface area (Å²) >= 11 is 0. The Kier molecular flexibility index (Phi) is 4.74. The van der Waals surface area contributed by atoms with Gasteiger partial charge in [0.05, 0.1) is 12.7 Å². The molecule has 0 unspecified atom stereocenters. The molecule has 1 atom stereocenters. The Hall–Kier alpha value is -0.0800. The quantitative estimate of drug-likeness (QED) is 0.628. The molecule has 2 nitrogen and oxygen atoms in total. The van der Waals surface area contributed by atoms with Crippen LogP contribution < -0.4 is 0 Å². The Morgan fingerprint density at radius 1 is 1.23 bits per heavy atom. The molecule has 0 aliphatic carbocycles. The number of nitrogens with zero attached hydrogens (tertiary/aromatic N) is 1. The van der Waals surface area contributed by atoms with Crippen molar-refractivity contribution in [3.8, 4) is 0 Å². The minimum absolute atomic E-state index is 0.432. The summed E-state index contributed by atoms with van der Waals surface area (Å²) in [6, 6.07) is 0. The highest BCUT2D eigenvalue weighted by Gasteiger charge is 2.13. The van der Waals surface area contributed by atoms with E-state index in [4.69, 9.17) is 4.74 Å². The molecule has 1 aliphatic rings. The van der Waals surface area contributed by atoms with E-state index in [1.165, 1.54) is 25.9 Å². The van der Waals surface area contributed by atoms with Crippen LogP contribution in [0.5, 0.6) is 0 Å². The van der Waals surface area contributed by atoms with Crippen molar-refractivity contribution in [3.63, 3.8) is 0 Å². The van der Waals surface area contributed by atoms with E-state index in [0.29, 0.717) is 6.10 Å². The molecule has 2 heteroatoms. The summed E-state index contributed by atoms with van der Waals surface area (Å²) in [5.41, 5.74) is 0. The van der Waals surface area contributed by atoms with Gasteiger partial charge >= 0.3 is 0 Å². The van der Waals surface area contributed by atoms with Gasteiger partial charge in [0.1, 0.15) is 0 Å². The second-order valence-corrected chi connectivity index (χ2v) is 4.51. The highest BCUT2D eigenvalue weighted by Crippen LogP contribution is 2.08. The molecule has 0 amide bonds. The largest absolute Gasteiger partial charge is 0.377 e. The third kappa shape index (κ3) is 4.63. The summed E-state index contributed by atoms with van der Waals surface area (Å²) < 4.78 is 5.72. The average molecular weight is 185 g/mol. The molecule has 0 radical (unpaired) electrons. The Labute approximate surface area is 82.3 Å². The Balaban J connectivity index is 1.91. The van der Waals surface area contributed by atoms with E-state index in [9.17, 15) is 0 Å². The lowest BCUT2D eigenvalue weighted by Crippen LogP contribution is -2.39. The number of likely N-dealkylation sites (tertiary alicyclic amines) is 1. The summed E-state index contributed by atoms with van der Waals surface area (Å²) in [4.78, 5) is 2.45. The smallest absolute Gasteiger partial charge is 0.0597 e. The zero-order valence-electron chi connectivity index (χ0n) is 9.25. The van der Waals surface area contributed by atoms with Crippen molar-refractivity contribution in [2.45, 2.75) is 39.7 Å². The van der Waals surface area contributed by atoms with Crippen LogP contribution >= 0.6 is 0 Å². The lowest BCUT2D eigenvalue weighted by Gasteiger charge is -2.30. The van der Waals surface area contributed by atoms with Gasteiger partial charge in [0.2, 0.25) is 0 Å². The molecule has 0 bridgehead atoms. The van der Waals surface area contributed by atoms with Gasteiger partial charge < -0.3 is 9.64 Å². The van der Waals surface area contributed by atoms with Crippen LogP contribution in [0.25, 0.3) is 0 Å². The zero-order valence-corrected chi connectivity index (χ0v) is 9.25. The molecule has 0 aromatic heterocycles. The second kappa shape index (κ2) is 5.61. The van der Waals surface area contributed by atoms with E-state index in [2.05, 4.69) is 25.7 Å². The lowest BCUT2D eigenvalue weighted by atomic mass is 10.1. The first-order chi connectivity index (χ1) is 6.18. The zero-order chi connectivity index (χ0) is 9.68. The second-order valence-electron chi connectivity index (χ2n) is 4.51. The molecule has 0 aromatic carbocycles. The van der Waals surface area contributed by atoms with Gasteiger partial charge in [0.25, 0.3) is 0 Å². The van der Waals surface area contributed by atoms with Crippen molar-refractivity contribution in [1.82, 2.24) is 4.90 Å². The fraction of sp³-hybridized carbons (Fsp3) is 1.00. The molecule has 1 heterocycles. The lowest BCUT2D eigenvalue weighted by molar-refractivity contribution is 0.0262. The summed E-state index contributed by atoms with van der Waals surface area (Å²) in [5.74, 6) is 0.749. The Morgan fingerprint density at radius 3 is 2.38 bits per heavy atom. The fourth-order valence-corrected chi connectivity index (χ4v) is 1.72. The predicted octanol–water partition coefficient (Wildman–Crippen LogP) is 2.14. The molecule has 1 saturated heterocycles. The topological polar surface area (TPSA) is 12.5 Å². The fourth-order valence-electron chi connectivity index (χ4n) is 1.72. The van der Waals surface area contributed by atoms with Crippen molar-refractivity contribution >= 4 is 0 Å². The van der Waals surface area contributed by atoms with Crippen LogP contribution in [0.2, 0.25) is 0 Å². The highest BCUT2D eigenvalue weighted by atomic mass is 16.5. The van der Waals surface area contributed by atoms with Gasteiger partial charge in [-0.3, -0.25) is 0 Å². The molecule has 1 aliphatic heterocycles. The maximum Gasteiger partial charge on any atom is 0.0597 e. The molecule has 1 rings (SSSR count). The van der Waals surface area contributed by atoms with E-state index in [1.807, 2.05) is 0 Å². The first-order valence-electron chi connectivity index (χ1n) is 5.52. The van der Waals surface area contributed by atoms with Gasteiger partial charge in [0.15, 0.2) is 0 Å². The predicted molar refractivity (Wildman–Crippen MR) is 55.9 cm³/mol. The van der Waals surface area contributed by atoms with E-state index in [1.54, 1.807) is 0 Å². The van der Waals surface area contributed by atoms with Crippen LogP contribution in [-0.4, -0.2) is 37.2 Å². The van der Waals surface area contributed by atoms with Crippen molar-refractivity contribution in [1.29, 1.82) is 0 Å². The molecular formula is C11H23NO. The summed E-state index contributed by atoms with van der Waals surface area (Å²) in [5, 5.41) is 0. The Morgan fingerprint density at radius 2 is 1.92 bits per heavy atom. The normalized spacial score (nSPS) is 20.3. The van der Waals surface area contributed by atoms with Gasteiger partial charge in [-0.1, -0.05) is 13.8 Å². The standard InChI is InChI=1S/C11H23NO/c1-10(2)9-11(3)13-8-7-12-5-4-6-12/h10-11H,4-9H2,1-3H3/t11-/m1/s1. The van der Waals surface area contributed by atoms with Crippen LogP contribution in [0.4, 0.5) is 0 Å². The molecule has 1 fully saturated rings. The SMILES string of the molecule is CC(C)C[C@@H](C)OCCN1CCC1. The number of hydrogen-bond donors (Lipinski definition) is 0. The Bertz CT molecular complexity index is 132. The van der Waals surface area contributed by atoms with Crippen LogP contribution in [0.15, 0.2) is 0 Å². The van der Waals surface area contributed by atoms with E-state index >= 15 is 0 Å². The summed E-state index contributed by atoms with van der Waals surface area (Å²) in [7, 11) is 0. The van der Waals surface area contributed by atoms with Crippen molar-refractivity contribution < 1.29 is 4.74 Å². The van der Waals surface area contributed by atoms with Crippen LogP contribution in [0, 0.1) is 5.92 Å². The van der Waals surface area contributed by atoms with Crippen LogP contribution in [0.3, 0.4) is 0 Å². The van der Waals surface area contributed by atoms with Gasteiger partial charge in [0, 0.05) is 6.54 Å². The number of ether oxygens (including phenoxy) is 1. The van der Waals surface area contributed by atoms with Crippen LogP contribution in [0.1, 0.15) is 33.6 Å². The van der Waals surface area contributed by atoms with Crippen molar-refractivity contribution in [3.05, 3.63) is 0 Å². The first kappa shape index (κ1) is 11.0. The third-order valence-electron chi connectivity index (χ3n) is 2.56. The van der Waals surface area contributed by atoms with Crippen molar-refractivity contribution in [2.24, 2.45) is 5.92 Å². The number of rotatable bonds is 6. The van der Waals surface area contributed by atoms with E-state index in [0.717, 1.165) is 19.1 Å². The minimum Gasteiger partial charge on any atom is -0.377 e.